The molecular formula is C20H28O. The van der Waals surface area contributed by atoms with Gasteiger partial charge >= 0.3 is 0 Å². The molecule has 0 aliphatic carbocycles. The van der Waals surface area contributed by atoms with E-state index in [1.54, 1.807) is 0 Å². The zero-order valence-corrected chi connectivity index (χ0v) is 13.7. The lowest BCUT2D eigenvalue weighted by molar-refractivity contribution is 0.305. The lowest BCUT2D eigenvalue weighted by Crippen LogP contribution is -1.97. The Labute approximate surface area is 129 Å². The molecular weight excluding hydrogens is 256 g/mol. The SMILES string of the molecule is CCCCCCCOc1ccc2cc(C(C)C)ccc2c1. The van der Waals surface area contributed by atoms with Crippen LogP contribution in [-0.2, 0) is 0 Å². The first-order chi connectivity index (χ1) is 10.2. The Bertz CT molecular complexity index is 557. The van der Waals surface area contributed by atoms with Crippen molar-refractivity contribution in [2.24, 2.45) is 0 Å². The Morgan fingerprint density at radius 1 is 0.857 bits per heavy atom. The second-order valence-corrected chi connectivity index (χ2v) is 6.19. The third-order valence-electron chi connectivity index (χ3n) is 4.02. The summed E-state index contributed by atoms with van der Waals surface area (Å²) in [4.78, 5) is 0. The van der Waals surface area contributed by atoms with Gasteiger partial charge in [-0.15, -0.1) is 0 Å². The van der Waals surface area contributed by atoms with Crippen LogP contribution in [0.1, 0.15) is 64.4 Å². The van der Waals surface area contributed by atoms with Gasteiger partial charge in [-0.05, 0) is 40.8 Å². The summed E-state index contributed by atoms with van der Waals surface area (Å²) in [6, 6.07) is 13.1. The van der Waals surface area contributed by atoms with E-state index in [0.29, 0.717) is 5.92 Å². The van der Waals surface area contributed by atoms with E-state index in [4.69, 9.17) is 4.74 Å². The molecule has 114 valence electrons. The van der Waals surface area contributed by atoms with Crippen LogP contribution in [0.4, 0.5) is 0 Å². The quantitative estimate of drug-likeness (QED) is 0.516. The molecule has 21 heavy (non-hydrogen) atoms. The van der Waals surface area contributed by atoms with E-state index in [1.807, 2.05) is 0 Å². The van der Waals surface area contributed by atoms with Gasteiger partial charge in [0.05, 0.1) is 6.61 Å². The monoisotopic (exact) mass is 284 g/mol. The van der Waals surface area contributed by atoms with Crippen molar-refractivity contribution in [2.75, 3.05) is 6.61 Å². The molecule has 0 N–H and O–H groups in total. The van der Waals surface area contributed by atoms with Crippen LogP contribution in [0.5, 0.6) is 5.75 Å². The van der Waals surface area contributed by atoms with Crippen LogP contribution in [0, 0.1) is 0 Å². The molecule has 0 saturated heterocycles. The highest BCUT2D eigenvalue weighted by atomic mass is 16.5. The van der Waals surface area contributed by atoms with Crippen molar-refractivity contribution >= 4 is 10.8 Å². The first-order valence-corrected chi connectivity index (χ1v) is 8.37. The molecule has 0 saturated carbocycles. The van der Waals surface area contributed by atoms with Crippen molar-refractivity contribution in [1.82, 2.24) is 0 Å². The number of ether oxygens (including phenoxy) is 1. The number of benzene rings is 2. The van der Waals surface area contributed by atoms with Crippen molar-refractivity contribution in [3.05, 3.63) is 42.0 Å². The van der Waals surface area contributed by atoms with Gasteiger partial charge in [0, 0.05) is 0 Å². The molecule has 0 fully saturated rings. The minimum atomic E-state index is 0.577. The minimum absolute atomic E-state index is 0.577. The van der Waals surface area contributed by atoms with E-state index < -0.39 is 0 Å². The van der Waals surface area contributed by atoms with Gasteiger partial charge in [0.1, 0.15) is 5.75 Å². The topological polar surface area (TPSA) is 9.23 Å². The Morgan fingerprint density at radius 2 is 1.57 bits per heavy atom. The smallest absolute Gasteiger partial charge is 0.119 e. The zero-order chi connectivity index (χ0) is 15.1. The van der Waals surface area contributed by atoms with Crippen molar-refractivity contribution < 1.29 is 4.74 Å². The zero-order valence-electron chi connectivity index (χ0n) is 13.7. The normalized spacial score (nSPS) is 11.2. The Kier molecular flexibility index (Phi) is 6.10. The van der Waals surface area contributed by atoms with Gasteiger partial charge in [-0.25, -0.2) is 0 Å². The molecule has 0 amide bonds. The highest BCUT2D eigenvalue weighted by Crippen LogP contribution is 2.25. The Morgan fingerprint density at radius 3 is 2.33 bits per heavy atom. The van der Waals surface area contributed by atoms with Crippen molar-refractivity contribution in [3.63, 3.8) is 0 Å². The Balaban J connectivity index is 1.91. The summed E-state index contributed by atoms with van der Waals surface area (Å²) in [5.74, 6) is 1.57. The van der Waals surface area contributed by atoms with Gasteiger partial charge in [0.2, 0.25) is 0 Å². The van der Waals surface area contributed by atoms with Crippen LogP contribution >= 0.6 is 0 Å². The molecule has 0 aliphatic rings. The fourth-order valence-corrected chi connectivity index (χ4v) is 2.59. The molecule has 1 nitrogen and oxygen atoms in total. The van der Waals surface area contributed by atoms with Crippen molar-refractivity contribution in [2.45, 2.75) is 58.8 Å². The number of hydrogen-bond donors (Lipinski definition) is 0. The van der Waals surface area contributed by atoms with Gasteiger partial charge in [-0.3, -0.25) is 0 Å². The van der Waals surface area contributed by atoms with Crippen molar-refractivity contribution in [1.29, 1.82) is 0 Å². The summed E-state index contributed by atoms with van der Waals surface area (Å²) in [6.07, 6.45) is 6.40. The third-order valence-corrected chi connectivity index (χ3v) is 4.02. The highest BCUT2D eigenvalue weighted by Gasteiger charge is 2.02. The number of unbranched alkanes of at least 4 members (excludes halogenated alkanes) is 4. The molecule has 0 atom stereocenters. The average molecular weight is 284 g/mol. The average Bonchev–Trinajstić information content (AvgIpc) is 2.50. The fourth-order valence-electron chi connectivity index (χ4n) is 2.59. The molecule has 0 aromatic heterocycles. The molecule has 0 bridgehead atoms. The molecule has 1 heteroatoms. The standard InChI is InChI=1S/C20H28O/c1-4-5-6-7-8-13-21-20-12-11-18-14-17(16(2)3)9-10-19(18)15-20/h9-12,14-16H,4-8,13H2,1-3H3. The maximum Gasteiger partial charge on any atom is 0.119 e. The minimum Gasteiger partial charge on any atom is -0.494 e. The van der Waals surface area contributed by atoms with E-state index >= 15 is 0 Å². The lowest BCUT2D eigenvalue weighted by Gasteiger charge is -2.10. The molecule has 0 aliphatic heterocycles. The molecule has 0 radical (unpaired) electrons. The number of rotatable bonds is 8. The van der Waals surface area contributed by atoms with Gasteiger partial charge < -0.3 is 4.74 Å². The predicted octanol–water partition coefficient (Wildman–Crippen LogP) is 6.31. The van der Waals surface area contributed by atoms with Crippen LogP contribution in [0.2, 0.25) is 0 Å². The van der Waals surface area contributed by atoms with E-state index in [2.05, 4.69) is 57.2 Å². The van der Waals surface area contributed by atoms with Crippen LogP contribution in [0.3, 0.4) is 0 Å². The summed E-state index contributed by atoms with van der Waals surface area (Å²) in [7, 11) is 0. The first kappa shape index (κ1) is 15.9. The molecule has 2 aromatic carbocycles. The number of hydrogen-bond acceptors (Lipinski definition) is 1. The highest BCUT2D eigenvalue weighted by molar-refractivity contribution is 5.84. The van der Waals surface area contributed by atoms with Crippen LogP contribution < -0.4 is 4.74 Å². The predicted molar refractivity (Wildman–Crippen MR) is 92.3 cm³/mol. The summed E-state index contributed by atoms with van der Waals surface area (Å²) in [5.41, 5.74) is 1.40. The van der Waals surface area contributed by atoms with Crippen LogP contribution in [-0.4, -0.2) is 6.61 Å². The maximum absolute atomic E-state index is 5.87. The summed E-state index contributed by atoms with van der Waals surface area (Å²) in [5, 5.41) is 2.57. The largest absolute Gasteiger partial charge is 0.494 e. The van der Waals surface area contributed by atoms with Gasteiger partial charge in [-0.1, -0.05) is 70.7 Å². The molecule has 2 aromatic rings. The maximum atomic E-state index is 5.87. The number of fused-ring (bicyclic) bond motifs is 1. The molecule has 0 spiro atoms. The second kappa shape index (κ2) is 8.07. The van der Waals surface area contributed by atoms with E-state index in [1.165, 1.54) is 42.0 Å². The van der Waals surface area contributed by atoms with Gasteiger partial charge in [0.25, 0.3) is 0 Å². The lowest BCUT2D eigenvalue weighted by atomic mass is 9.99. The molecule has 2 rings (SSSR count). The van der Waals surface area contributed by atoms with E-state index in [9.17, 15) is 0 Å². The van der Waals surface area contributed by atoms with E-state index in [0.717, 1.165) is 18.8 Å². The van der Waals surface area contributed by atoms with Crippen molar-refractivity contribution in [3.8, 4) is 5.75 Å². The molecule has 0 heterocycles. The third kappa shape index (κ3) is 4.77. The Hall–Kier alpha value is -1.50. The van der Waals surface area contributed by atoms with Gasteiger partial charge in [0.15, 0.2) is 0 Å². The fraction of sp³-hybridized carbons (Fsp3) is 0.500. The summed E-state index contributed by atoms with van der Waals surface area (Å²) < 4.78 is 5.87. The van der Waals surface area contributed by atoms with Gasteiger partial charge in [-0.2, -0.15) is 0 Å². The summed E-state index contributed by atoms with van der Waals surface area (Å²) >= 11 is 0. The van der Waals surface area contributed by atoms with Crippen LogP contribution in [0.15, 0.2) is 36.4 Å². The van der Waals surface area contributed by atoms with E-state index in [-0.39, 0.29) is 0 Å². The summed E-state index contributed by atoms with van der Waals surface area (Å²) in [6.45, 7) is 7.55. The first-order valence-electron chi connectivity index (χ1n) is 8.37. The van der Waals surface area contributed by atoms with Crippen LogP contribution in [0.25, 0.3) is 10.8 Å². The second-order valence-electron chi connectivity index (χ2n) is 6.19. The molecule has 0 unspecified atom stereocenters.